The van der Waals surface area contributed by atoms with Crippen molar-refractivity contribution in [3.8, 4) is 0 Å². The standard InChI is InChI=1S/C9H7BrO2S2/c10-7-1-2-9-8(3-7)6(4-13)5-14(9,11)12/h1-3,5,13H,4H2. The molecule has 1 aliphatic heterocycles. The van der Waals surface area contributed by atoms with E-state index in [4.69, 9.17) is 0 Å². The molecule has 0 saturated carbocycles. The molecule has 0 bridgehead atoms. The molecule has 1 heterocycles. The fraction of sp³-hybridized carbons (Fsp3) is 0.111. The Hall–Kier alpha value is -0.260. The van der Waals surface area contributed by atoms with Crippen molar-refractivity contribution in [2.24, 2.45) is 0 Å². The average Bonchev–Trinajstić information content (AvgIpc) is 2.37. The number of rotatable bonds is 1. The molecule has 0 N–H and O–H groups in total. The molecule has 2 rings (SSSR count). The number of fused-ring (bicyclic) bond motifs is 1. The number of sulfone groups is 1. The van der Waals surface area contributed by atoms with Gasteiger partial charge in [0.2, 0.25) is 9.84 Å². The van der Waals surface area contributed by atoms with E-state index in [9.17, 15) is 8.42 Å². The summed E-state index contributed by atoms with van der Waals surface area (Å²) in [7, 11) is -3.22. The van der Waals surface area contributed by atoms with E-state index in [2.05, 4.69) is 28.6 Å². The van der Waals surface area contributed by atoms with Gasteiger partial charge in [0.05, 0.1) is 4.90 Å². The molecular formula is C9H7BrO2S2. The average molecular weight is 291 g/mol. The molecular weight excluding hydrogens is 284 g/mol. The van der Waals surface area contributed by atoms with E-state index < -0.39 is 9.84 Å². The van der Waals surface area contributed by atoms with E-state index in [0.29, 0.717) is 10.6 Å². The summed E-state index contributed by atoms with van der Waals surface area (Å²) in [6.07, 6.45) is 0. The van der Waals surface area contributed by atoms with Crippen molar-refractivity contribution < 1.29 is 8.42 Å². The highest BCUT2D eigenvalue weighted by molar-refractivity contribution is 9.10. The molecule has 0 atom stereocenters. The van der Waals surface area contributed by atoms with Crippen LogP contribution in [0, 0.1) is 0 Å². The predicted molar refractivity (Wildman–Crippen MR) is 63.2 cm³/mol. The van der Waals surface area contributed by atoms with Gasteiger partial charge in [-0.15, -0.1) is 0 Å². The van der Waals surface area contributed by atoms with E-state index in [-0.39, 0.29) is 0 Å². The quantitative estimate of drug-likeness (QED) is 0.807. The number of hydrogen-bond donors (Lipinski definition) is 1. The molecule has 0 fully saturated rings. The minimum atomic E-state index is -3.22. The highest BCUT2D eigenvalue weighted by Crippen LogP contribution is 2.35. The van der Waals surface area contributed by atoms with Gasteiger partial charge >= 0.3 is 0 Å². The third-order valence-corrected chi connectivity index (χ3v) is 4.46. The molecule has 0 spiro atoms. The van der Waals surface area contributed by atoms with Crippen LogP contribution >= 0.6 is 28.6 Å². The molecule has 0 amide bonds. The molecule has 0 aliphatic carbocycles. The van der Waals surface area contributed by atoms with Crippen molar-refractivity contribution in [1.29, 1.82) is 0 Å². The molecule has 74 valence electrons. The van der Waals surface area contributed by atoms with Crippen molar-refractivity contribution in [2.45, 2.75) is 4.90 Å². The van der Waals surface area contributed by atoms with Crippen LogP contribution in [-0.2, 0) is 9.84 Å². The maximum atomic E-state index is 11.6. The van der Waals surface area contributed by atoms with Gasteiger partial charge in [0, 0.05) is 15.6 Å². The lowest BCUT2D eigenvalue weighted by Crippen LogP contribution is -1.92. The van der Waals surface area contributed by atoms with Crippen LogP contribution in [0.1, 0.15) is 5.56 Å². The summed E-state index contributed by atoms with van der Waals surface area (Å²) in [5.41, 5.74) is 1.51. The van der Waals surface area contributed by atoms with Gasteiger partial charge in [-0.05, 0) is 29.3 Å². The fourth-order valence-electron chi connectivity index (χ4n) is 1.44. The second-order valence-electron chi connectivity index (χ2n) is 2.99. The number of benzene rings is 1. The van der Waals surface area contributed by atoms with Crippen LogP contribution in [0.15, 0.2) is 33.0 Å². The maximum Gasteiger partial charge on any atom is 0.200 e. The van der Waals surface area contributed by atoms with Gasteiger partial charge < -0.3 is 0 Å². The van der Waals surface area contributed by atoms with Crippen LogP contribution in [0.4, 0.5) is 0 Å². The molecule has 2 nitrogen and oxygen atoms in total. The van der Waals surface area contributed by atoms with Gasteiger partial charge in [0.25, 0.3) is 0 Å². The first-order valence-electron chi connectivity index (χ1n) is 3.91. The fourth-order valence-corrected chi connectivity index (χ4v) is 3.65. The largest absolute Gasteiger partial charge is 0.219 e. The Kier molecular flexibility index (Phi) is 2.49. The molecule has 0 radical (unpaired) electrons. The Morgan fingerprint density at radius 3 is 2.71 bits per heavy atom. The molecule has 0 aromatic heterocycles. The van der Waals surface area contributed by atoms with Crippen LogP contribution in [0.25, 0.3) is 5.57 Å². The van der Waals surface area contributed by atoms with Crippen molar-refractivity contribution >= 4 is 44.0 Å². The lowest BCUT2D eigenvalue weighted by molar-refractivity contribution is 0.605. The topological polar surface area (TPSA) is 34.1 Å². The van der Waals surface area contributed by atoms with Gasteiger partial charge in [-0.25, -0.2) is 8.42 Å². The van der Waals surface area contributed by atoms with Crippen LogP contribution in [0.5, 0.6) is 0 Å². The predicted octanol–water partition coefficient (Wildman–Crippen LogP) is 2.51. The lowest BCUT2D eigenvalue weighted by Gasteiger charge is -2.01. The lowest BCUT2D eigenvalue weighted by atomic mass is 10.1. The van der Waals surface area contributed by atoms with E-state index in [1.807, 2.05) is 6.07 Å². The smallest absolute Gasteiger partial charge is 0.200 e. The Labute approximate surface area is 96.5 Å². The zero-order chi connectivity index (χ0) is 10.3. The van der Waals surface area contributed by atoms with Crippen molar-refractivity contribution in [3.63, 3.8) is 0 Å². The Balaban J connectivity index is 2.75. The maximum absolute atomic E-state index is 11.6. The molecule has 1 aromatic carbocycles. The van der Waals surface area contributed by atoms with Crippen molar-refractivity contribution in [1.82, 2.24) is 0 Å². The number of halogens is 1. The van der Waals surface area contributed by atoms with Gasteiger partial charge in [-0.1, -0.05) is 15.9 Å². The minimum Gasteiger partial charge on any atom is -0.219 e. The van der Waals surface area contributed by atoms with Crippen molar-refractivity contribution in [2.75, 3.05) is 5.75 Å². The molecule has 5 heteroatoms. The van der Waals surface area contributed by atoms with Crippen molar-refractivity contribution in [3.05, 3.63) is 33.6 Å². The van der Waals surface area contributed by atoms with Gasteiger partial charge in [-0.3, -0.25) is 0 Å². The summed E-state index contributed by atoms with van der Waals surface area (Å²) >= 11 is 7.42. The van der Waals surface area contributed by atoms with Crippen LogP contribution in [0.2, 0.25) is 0 Å². The zero-order valence-corrected chi connectivity index (χ0v) is 10.4. The first-order chi connectivity index (χ1) is 6.54. The van der Waals surface area contributed by atoms with E-state index >= 15 is 0 Å². The third-order valence-electron chi connectivity index (χ3n) is 2.06. The molecule has 14 heavy (non-hydrogen) atoms. The van der Waals surface area contributed by atoms with Crippen LogP contribution in [-0.4, -0.2) is 14.2 Å². The summed E-state index contributed by atoms with van der Waals surface area (Å²) in [4.78, 5) is 0.379. The number of hydrogen-bond acceptors (Lipinski definition) is 3. The monoisotopic (exact) mass is 290 g/mol. The van der Waals surface area contributed by atoms with Gasteiger partial charge in [0.1, 0.15) is 0 Å². The zero-order valence-electron chi connectivity index (χ0n) is 7.07. The van der Waals surface area contributed by atoms with E-state index in [1.54, 1.807) is 12.1 Å². The molecule has 1 aliphatic rings. The molecule has 1 aromatic rings. The van der Waals surface area contributed by atoms with Crippen LogP contribution < -0.4 is 0 Å². The molecule has 0 saturated heterocycles. The minimum absolute atomic E-state index is 0.379. The summed E-state index contributed by atoms with van der Waals surface area (Å²) in [6, 6.07) is 5.15. The normalized spacial score (nSPS) is 17.7. The Morgan fingerprint density at radius 1 is 1.36 bits per heavy atom. The second-order valence-corrected chi connectivity index (χ2v) is 5.98. The van der Waals surface area contributed by atoms with Gasteiger partial charge in [0.15, 0.2) is 0 Å². The summed E-state index contributed by atoms with van der Waals surface area (Å²) < 4.78 is 24.1. The SMILES string of the molecule is O=S1(=O)C=C(CS)c2cc(Br)ccc21. The first-order valence-corrected chi connectivity index (χ1v) is 6.88. The Bertz CT molecular complexity index is 518. The highest BCUT2D eigenvalue weighted by Gasteiger charge is 2.25. The molecule has 0 unspecified atom stereocenters. The van der Waals surface area contributed by atoms with E-state index in [1.165, 1.54) is 5.41 Å². The van der Waals surface area contributed by atoms with E-state index in [0.717, 1.165) is 15.6 Å². The third kappa shape index (κ3) is 1.53. The summed E-state index contributed by atoms with van der Waals surface area (Å²) in [6.45, 7) is 0. The van der Waals surface area contributed by atoms with Gasteiger partial charge in [-0.2, -0.15) is 12.6 Å². The summed E-state index contributed by atoms with van der Waals surface area (Å²) in [5.74, 6) is 0.433. The first kappa shape index (κ1) is 10.3. The Morgan fingerprint density at radius 2 is 2.07 bits per heavy atom. The highest BCUT2D eigenvalue weighted by atomic mass is 79.9. The number of thiol groups is 1. The summed E-state index contributed by atoms with van der Waals surface area (Å²) in [5, 5.41) is 1.29. The second kappa shape index (κ2) is 3.40. The van der Waals surface area contributed by atoms with Crippen LogP contribution in [0.3, 0.4) is 0 Å².